The molecule has 0 spiro atoms. The van der Waals surface area contributed by atoms with Gasteiger partial charge in [0.15, 0.2) is 0 Å². The van der Waals surface area contributed by atoms with Crippen LogP contribution in [0.1, 0.15) is 17.2 Å². The number of aliphatic hydroxyl groups excluding tert-OH is 3. The van der Waals surface area contributed by atoms with Crippen molar-refractivity contribution in [3.8, 4) is 11.5 Å². The molecule has 27 heavy (non-hydrogen) atoms. The van der Waals surface area contributed by atoms with Crippen LogP contribution < -0.4 is 9.47 Å². The molecular weight excluding hydrogens is 374 g/mol. The first-order valence-corrected chi connectivity index (χ1v) is 8.91. The summed E-state index contributed by atoms with van der Waals surface area (Å²) < 4.78 is 10.7. The number of ether oxygens (including phenoxy) is 2. The number of hydrogen-bond acceptors (Lipinski definition) is 7. The van der Waals surface area contributed by atoms with E-state index >= 15 is 0 Å². The fraction of sp³-hybridized carbons (Fsp3) is 0.368. The SMILES string of the molecule is O=NC(c1ccc(OC[C@@H](O)CO)cc1)c1ccc(OC[C@@H](O)CCl)cc1. The normalized spacial score (nSPS) is 14.2. The van der Waals surface area contributed by atoms with Crippen molar-refractivity contribution in [2.75, 3.05) is 25.7 Å². The van der Waals surface area contributed by atoms with Crippen LogP contribution in [0, 0.1) is 4.91 Å². The predicted octanol–water partition coefficient (Wildman–Crippen LogP) is 2.25. The van der Waals surface area contributed by atoms with E-state index in [1.54, 1.807) is 48.5 Å². The van der Waals surface area contributed by atoms with Crippen LogP contribution in [0.25, 0.3) is 0 Å². The standard InChI is InChI=1S/C19H22ClNO6/c20-9-15(23)11-26-17-5-1-13(2-6-17)19(21-25)14-3-7-18(8-4-14)27-12-16(24)10-22/h1-8,15-16,19,22-24H,9-12H2/t15-,16-,19?/m0/s1. The molecule has 0 aliphatic heterocycles. The van der Waals surface area contributed by atoms with Crippen LogP contribution in [0.3, 0.4) is 0 Å². The van der Waals surface area contributed by atoms with Gasteiger partial charge in [0.1, 0.15) is 43.0 Å². The maximum atomic E-state index is 11.4. The van der Waals surface area contributed by atoms with Crippen molar-refractivity contribution in [1.29, 1.82) is 0 Å². The average molecular weight is 396 g/mol. The van der Waals surface area contributed by atoms with Gasteiger partial charge in [0.25, 0.3) is 0 Å². The largest absolute Gasteiger partial charge is 0.491 e. The van der Waals surface area contributed by atoms with Crippen molar-refractivity contribution >= 4 is 11.6 Å². The van der Waals surface area contributed by atoms with Crippen LogP contribution in [0.15, 0.2) is 53.7 Å². The van der Waals surface area contributed by atoms with E-state index in [1.807, 2.05) is 0 Å². The summed E-state index contributed by atoms with van der Waals surface area (Å²) in [6.07, 6.45) is -1.68. The molecule has 0 aliphatic carbocycles. The van der Waals surface area contributed by atoms with E-state index < -0.39 is 18.2 Å². The Labute approximate surface area is 162 Å². The van der Waals surface area contributed by atoms with Crippen LogP contribution in [-0.2, 0) is 0 Å². The molecule has 2 aromatic rings. The molecule has 1 unspecified atom stereocenters. The van der Waals surface area contributed by atoms with E-state index in [2.05, 4.69) is 5.18 Å². The van der Waals surface area contributed by atoms with E-state index in [1.165, 1.54) is 0 Å². The fourth-order valence-corrected chi connectivity index (χ4v) is 2.38. The minimum absolute atomic E-state index is 0.0227. The Balaban J connectivity index is 2.02. The van der Waals surface area contributed by atoms with Gasteiger partial charge in [0, 0.05) is 0 Å². The average Bonchev–Trinajstić information content (AvgIpc) is 2.72. The Kier molecular flexibility index (Phi) is 8.47. The minimum Gasteiger partial charge on any atom is -0.491 e. The smallest absolute Gasteiger partial charge is 0.142 e. The lowest BCUT2D eigenvalue weighted by atomic mass is 9.99. The Bertz CT molecular complexity index is 637. The second-order valence-corrected chi connectivity index (χ2v) is 6.22. The molecule has 0 aliphatic rings. The molecule has 0 aromatic heterocycles. The summed E-state index contributed by atoms with van der Waals surface area (Å²) in [7, 11) is 0. The van der Waals surface area contributed by atoms with Gasteiger partial charge in [-0.25, -0.2) is 0 Å². The lowest BCUT2D eigenvalue weighted by Crippen LogP contribution is -2.21. The van der Waals surface area contributed by atoms with E-state index in [0.29, 0.717) is 22.6 Å². The Morgan fingerprint density at radius 3 is 1.67 bits per heavy atom. The second kappa shape index (κ2) is 10.8. The molecular formula is C19H22ClNO6. The van der Waals surface area contributed by atoms with Gasteiger partial charge >= 0.3 is 0 Å². The molecule has 3 N–H and O–H groups in total. The van der Waals surface area contributed by atoms with Crippen LogP contribution >= 0.6 is 11.6 Å². The van der Waals surface area contributed by atoms with Gasteiger partial charge in [-0.15, -0.1) is 16.5 Å². The summed E-state index contributed by atoms with van der Waals surface area (Å²) in [6.45, 7) is -0.310. The molecule has 0 fully saturated rings. The zero-order valence-corrected chi connectivity index (χ0v) is 15.3. The van der Waals surface area contributed by atoms with Gasteiger partial charge in [-0.3, -0.25) is 0 Å². The molecule has 0 saturated heterocycles. The molecule has 2 rings (SSSR count). The quantitative estimate of drug-likeness (QED) is 0.398. The number of aliphatic hydroxyl groups is 3. The molecule has 0 amide bonds. The second-order valence-electron chi connectivity index (χ2n) is 5.91. The predicted molar refractivity (Wildman–Crippen MR) is 101 cm³/mol. The van der Waals surface area contributed by atoms with Crippen LogP contribution in [0.4, 0.5) is 0 Å². The maximum absolute atomic E-state index is 11.4. The molecule has 0 bridgehead atoms. The molecule has 146 valence electrons. The molecule has 0 saturated carbocycles. The molecule has 3 atom stereocenters. The van der Waals surface area contributed by atoms with Crippen molar-refractivity contribution in [3.63, 3.8) is 0 Å². The van der Waals surface area contributed by atoms with Gasteiger partial charge in [-0.2, -0.15) is 0 Å². The van der Waals surface area contributed by atoms with Gasteiger partial charge in [-0.05, 0) is 35.4 Å². The van der Waals surface area contributed by atoms with Crippen LogP contribution in [0.2, 0.25) is 0 Å². The van der Waals surface area contributed by atoms with Gasteiger partial charge in [-0.1, -0.05) is 29.4 Å². The van der Waals surface area contributed by atoms with Gasteiger partial charge in [0.05, 0.1) is 12.5 Å². The van der Waals surface area contributed by atoms with E-state index in [0.717, 1.165) is 0 Å². The first kappa shape index (κ1) is 21.1. The van der Waals surface area contributed by atoms with Crippen molar-refractivity contribution in [2.45, 2.75) is 18.2 Å². The van der Waals surface area contributed by atoms with Gasteiger partial charge in [0.2, 0.25) is 0 Å². The minimum atomic E-state index is -0.944. The van der Waals surface area contributed by atoms with Crippen LogP contribution in [-0.4, -0.2) is 53.2 Å². The monoisotopic (exact) mass is 395 g/mol. The molecule has 0 radical (unpaired) electrons. The van der Waals surface area contributed by atoms with Crippen LogP contribution in [0.5, 0.6) is 11.5 Å². The Morgan fingerprint density at radius 1 is 0.852 bits per heavy atom. The molecule has 7 nitrogen and oxygen atoms in total. The Morgan fingerprint density at radius 2 is 1.30 bits per heavy atom. The summed E-state index contributed by atoms with van der Waals surface area (Å²) >= 11 is 5.52. The first-order valence-electron chi connectivity index (χ1n) is 8.38. The third-order valence-electron chi connectivity index (χ3n) is 3.77. The topological polar surface area (TPSA) is 109 Å². The van der Waals surface area contributed by atoms with E-state index in [4.69, 9.17) is 26.2 Å². The molecule has 0 heterocycles. The fourth-order valence-electron chi connectivity index (χ4n) is 2.29. The number of nitroso groups, excluding NO2 is 1. The van der Waals surface area contributed by atoms with Crippen molar-refractivity contribution in [2.24, 2.45) is 5.18 Å². The summed E-state index contributed by atoms with van der Waals surface area (Å²) in [5.74, 6) is 1.16. The summed E-state index contributed by atoms with van der Waals surface area (Å²) in [5.41, 5.74) is 1.38. The number of alkyl halides is 1. The number of hydrogen-bond donors (Lipinski definition) is 3. The highest BCUT2D eigenvalue weighted by molar-refractivity contribution is 6.18. The summed E-state index contributed by atoms with van der Waals surface area (Å²) in [6, 6.07) is 12.9. The summed E-state index contributed by atoms with van der Waals surface area (Å²) in [4.78, 5) is 11.4. The lowest BCUT2D eigenvalue weighted by Gasteiger charge is -2.14. The zero-order valence-electron chi connectivity index (χ0n) is 14.6. The number of benzene rings is 2. The first-order chi connectivity index (χ1) is 13.1. The van der Waals surface area contributed by atoms with E-state index in [-0.39, 0.29) is 25.7 Å². The third kappa shape index (κ3) is 6.48. The zero-order chi connectivity index (χ0) is 19.6. The number of rotatable bonds is 11. The van der Waals surface area contributed by atoms with Crippen molar-refractivity contribution < 1.29 is 24.8 Å². The highest BCUT2D eigenvalue weighted by atomic mass is 35.5. The molecule has 2 aromatic carbocycles. The number of halogens is 1. The highest BCUT2D eigenvalue weighted by Gasteiger charge is 2.15. The maximum Gasteiger partial charge on any atom is 0.142 e. The Hall–Kier alpha value is -2.19. The number of nitrogens with zero attached hydrogens (tertiary/aromatic N) is 1. The third-order valence-corrected chi connectivity index (χ3v) is 4.13. The lowest BCUT2D eigenvalue weighted by molar-refractivity contribution is 0.0536. The van der Waals surface area contributed by atoms with Gasteiger partial charge < -0.3 is 24.8 Å². The molecule has 8 heteroatoms. The highest BCUT2D eigenvalue weighted by Crippen LogP contribution is 2.28. The van der Waals surface area contributed by atoms with E-state index in [9.17, 15) is 15.1 Å². The van der Waals surface area contributed by atoms with Crippen molar-refractivity contribution in [3.05, 3.63) is 64.6 Å². The summed E-state index contributed by atoms with van der Waals surface area (Å²) in [5, 5.41) is 30.7. The van der Waals surface area contributed by atoms with Crippen molar-refractivity contribution in [1.82, 2.24) is 0 Å².